The van der Waals surface area contributed by atoms with Crippen molar-refractivity contribution in [3.05, 3.63) is 47.8 Å². The van der Waals surface area contributed by atoms with Gasteiger partial charge in [-0.1, -0.05) is 12.1 Å². The van der Waals surface area contributed by atoms with Gasteiger partial charge in [0, 0.05) is 32.6 Å². The van der Waals surface area contributed by atoms with E-state index < -0.39 is 11.9 Å². The van der Waals surface area contributed by atoms with Crippen LogP contribution in [0.4, 0.5) is 9.18 Å². The molecular formula is C17H21FN6O2. The van der Waals surface area contributed by atoms with Gasteiger partial charge in [0.1, 0.15) is 24.0 Å². The van der Waals surface area contributed by atoms with Crippen LogP contribution in [0.2, 0.25) is 0 Å². The van der Waals surface area contributed by atoms with Crippen molar-refractivity contribution in [3.63, 3.8) is 0 Å². The molecule has 0 bridgehead atoms. The van der Waals surface area contributed by atoms with Crippen LogP contribution in [0.25, 0.3) is 0 Å². The molecule has 3 amide bonds. The van der Waals surface area contributed by atoms with Gasteiger partial charge in [0.15, 0.2) is 0 Å². The van der Waals surface area contributed by atoms with Gasteiger partial charge >= 0.3 is 6.03 Å². The molecule has 9 heteroatoms. The minimum atomic E-state index is -0.848. The molecule has 2 N–H and O–H groups in total. The van der Waals surface area contributed by atoms with E-state index in [0.29, 0.717) is 31.6 Å². The molecular weight excluding hydrogens is 339 g/mol. The predicted octanol–water partition coefficient (Wildman–Crippen LogP) is 0.862. The van der Waals surface area contributed by atoms with Gasteiger partial charge in [0.05, 0.1) is 0 Å². The first-order valence-corrected chi connectivity index (χ1v) is 8.54. The van der Waals surface area contributed by atoms with Gasteiger partial charge in [-0.2, -0.15) is 0 Å². The van der Waals surface area contributed by atoms with Crippen molar-refractivity contribution in [2.24, 2.45) is 0 Å². The average molecular weight is 360 g/mol. The maximum atomic E-state index is 13.5. The van der Waals surface area contributed by atoms with Crippen LogP contribution in [-0.2, 0) is 17.8 Å². The summed E-state index contributed by atoms with van der Waals surface area (Å²) < 4.78 is 15.4. The Morgan fingerprint density at radius 2 is 2.31 bits per heavy atom. The summed E-state index contributed by atoms with van der Waals surface area (Å²) in [5, 5.41) is 13.4. The zero-order valence-electron chi connectivity index (χ0n) is 14.5. The van der Waals surface area contributed by atoms with Gasteiger partial charge in [0.25, 0.3) is 0 Å². The molecule has 1 aromatic carbocycles. The highest BCUT2D eigenvalue weighted by Crippen LogP contribution is 2.23. The topological polar surface area (TPSA) is 92.2 Å². The van der Waals surface area contributed by atoms with E-state index >= 15 is 0 Å². The SMILES string of the molecule is CCn1cnnc1CCNC(=O)N1CCNC(=O)[C@H]1c1cccc(F)c1. The van der Waals surface area contributed by atoms with Crippen molar-refractivity contribution in [1.29, 1.82) is 0 Å². The Kier molecular flexibility index (Phi) is 5.45. The lowest BCUT2D eigenvalue weighted by molar-refractivity contribution is -0.127. The van der Waals surface area contributed by atoms with E-state index in [-0.39, 0.29) is 11.9 Å². The van der Waals surface area contributed by atoms with Gasteiger partial charge in [0.2, 0.25) is 5.91 Å². The summed E-state index contributed by atoms with van der Waals surface area (Å²) in [5.41, 5.74) is 0.447. The third-order valence-electron chi connectivity index (χ3n) is 4.30. The molecule has 1 atom stereocenters. The summed E-state index contributed by atoms with van der Waals surface area (Å²) in [6.45, 7) is 3.82. The van der Waals surface area contributed by atoms with Crippen LogP contribution >= 0.6 is 0 Å². The number of carbonyl (C=O) groups excluding carboxylic acids is 2. The third kappa shape index (κ3) is 3.81. The van der Waals surface area contributed by atoms with E-state index in [2.05, 4.69) is 20.8 Å². The molecule has 8 nitrogen and oxygen atoms in total. The first-order valence-electron chi connectivity index (χ1n) is 8.54. The summed E-state index contributed by atoms with van der Waals surface area (Å²) in [4.78, 5) is 26.3. The van der Waals surface area contributed by atoms with Crippen molar-refractivity contribution in [1.82, 2.24) is 30.3 Å². The molecule has 2 aromatic rings. The summed E-state index contributed by atoms with van der Waals surface area (Å²) in [6.07, 6.45) is 2.18. The molecule has 26 heavy (non-hydrogen) atoms. The largest absolute Gasteiger partial charge is 0.352 e. The first-order chi connectivity index (χ1) is 12.6. The number of carbonyl (C=O) groups is 2. The standard InChI is InChI=1S/C17H21FN6O2/c1-2-23-11-21-22-14(23)6-7-20-17(26)24-9-8-19-16(25)15(24)12-4-3-5-13(18)10-12/h3-5,10-11,15H,2,6-9H2,1H3,(H,19,25)(H,20,26)/t15-/m1/s1. The normalized spacial score (nSPS) is 17.1. The minimum Gasteiger partial charge on any atom is -0.352 e. The second-order valence-corrected chi connectivity index (χ2v) is 5.96. The number of nitrogens with one attached hydrogen (secondary N) is 2. The predicted molar refractivity (Wildman–Crippen MR) is 91.7 cm³/mol. The second-order valence-electron chi connectivity index (χ2n) is 5.96. The number of amides is 3. The van der Waals surface area contributed by atoms with Crippen LogP contribution in [0.5, 0.6) is 0 Å². The molecule has 3 rings (SSSR count). The molecule has 1 aliphatic rings. The molecule has 1 aromatic heterocycles. The van der Waals surface area contributed by atoms with E-state index in [9.17, 15) is 14.0 Å². The number of nitrogens with zero attached hydrogens (tertiary/aromatic N) is 4. The summed E-state index contributed by atoms with van der Waals surface area (Å²) >= 11 is 0. The molecule has 0 spiro atoms. The van der Waals surface area contributed by atoms with Crippen LogP contribution in [0.3, 0.4) is 0 Å². The number of urea groups is 1. The average Bonchev–Trinajstić information content (AvgIpc) is 3.09. The van der Waals surface area contributed by atoms with E-state index in [4.69, 9.17) is 0 Å². The van der Waals surface area contributed by atoms with E-state index in [1.807, 2.05) is 11.5 Å². The fraction of sp³-hybridized carbons (Fsp3) is 0.412. The van der Waals surface area contributed by atoms with Crippen molar-refractivity contribution in [2.75, 3.05) is 19.6 Å². The Bertz CT molecular complexity index is 793. The summed E-state index contributed by atoms with van der Waals surface area (Å²) in [6, 6.07) is 4.54. The Labute approximate surface area is 150 Å². The van der Waals surface area contributed by atoms with Crippen molar-refractivity contribution in [2.45, 2.75) is 25.9 Å². The molecule has 1 fully saturated rings. The fourth-order valence-corrected chi connectivity index (χ4v) is 3.01. The number of aromatic nitrogens is 3. The molecule has 0 aliphatic carbocycles. The molecule has 0 radical (unpaired) electrons. The number of piperazine rings is 1. The van der Waals surface area contributed by atoms with Crippen molar-refractivity contribution < 1.29 is 14.0 Å². The maximum Gasteiger partial charge on any atom is 0.318 e. The molecule has 0 unspecified atom stereocenters. The molecule has 1 saturated heterocycles. The van der Waals surface area contributed by atoms with E-state index in [1.165, 1.54) is 23.1 Å². The van der Waals surface area contributed by atoms with Crippen LogP contribution in [0.15, 0.2) is 30.6 Å². The molecule has 2 heterocycles. The van der Waals surface area contributed by atoms with E-state index in [1.54, 1.807) is 12.4 Å². The van der Waals surface area contributed by atoms with Crippen LogP contribution in [-0.4, -0.2) is 51.2 Å². The molecule has 138 valence electrons. The minimum absolute atomic E-state index is 0.317. The zero-order chi connectivity index (χ0) is 18.5. The number of rotatable bonds is 5. The Balaban J connectivity index is 1.67. The lowest BCUT2D eigenvalue weighted by atomic mass is 10.0. The number of halogens is 1. The summed E-state index contributed by atoms with van der Waals surface area (Å²) in [7, 11) is 0. The Morgan fingerprint density at radius 1 is 1.46 bits per heavy atom. The third-order valence-corrected chi connectivity index (χ3v) is 4.30. The van der Waals surface area contributed by atoms with Gasteiger partial charge in [-0.05, 0) is 24.6 Å². The Hall–Kier alpha value is -2.97. The molecule has 1 aliphatic heterocycles. The van der Waals surface area contributed by atoms with Crippen molar-refractivity contribution in [3.8, 4) is 0 Å². The smallest absolute Gasteiger partial charge is 0.318 e. The van der Waals surface area contributed by atoms with Crippen LogP contribution < -0.4 is 10.6 Å². The Morgan fingerprint density at radius 3 is 3.08 bits per heavy atom. The second kappa shape index (κ2) is 7.94. The number of aryl methyl sites for hydroxylation is 1. The number of benzene rings is 1. The molecule has 0 saturated carbocycles. The number of hydrogen-bond acceptors (Lipinski definition) is 4. The van der Waals surface area contributed by atoms with Gasteiger partial charge < -0.3 is 20.1 Å². The number of hydrogen-bond donors (Lipinski definition) is 2. The van der Waals surface area contributed by atoms with E-state index in [0.717, 1.165) is 12.4 Å². The lowest BCUT2D eigenvalue weighted by Crippen LogP contribution is -2.55. The van der Waals surface area contributed by atoms with Crippen molar-refractivity contribution >= 4 is 11.9 Å². The maximum absolute atomic E-state index is 13.5. The monoisotopic (exact) mass is 360 g/mol. The van der Waals surface area contributed by atoms with Gasteiger partial charge in [-0.25, -0.2) is 9.18 Å². The highest BCUT2D eigenvalue weighted by molar-refractivity contribution is 5.89. The summed E-state index contributed by atoms with van der Waals surface area (Å²) in [5.74, 6) is 0.0220. The zero-order valence-corrected chi connectivity index (χ0v) is 14.5. The highest BCUT2D eigenvalue weighted by atomic mass is 19.1. The highest BCUT2D eigenvalue weighted by Gasteiger charge is 2.34. The van der Waals surface area contributed by atoms with Crippen LogP contribution in [0.1, 0.15) is 24.4 Å². The quantitative estimate of drug-likeness (QED) is 0.827. The first kappa shape index (κ1) is 17.8. The van der Waals surface area contributed by atoms with Crippen LogP contribution in [0, 0.1) is 5.82 Å². The van der Waals surface area contributed by atoms with Gasteiger partial charge in [-0.3, -0.25) is 4.79 Å². The fourth-order valence-electron chi connectivity index (χ4n) is 3.01. The lowest BCUT2D eigenvalue weighted by Gasteiger charge is -2.35. The van der Waals surface area contributed by atoms with Gasteiger partial charge in [-0.15, -0.1) is 10.2 Å².